The van der Waals surface area contributed by atoms with E-state index in [1.807, 2.05) is 0 Å². The Balaban J connectivity index is 0. The second-order valence-electron chi connectivity index (χ2n) is 2.82. The van der Waals surface area contributed by atoms with E-state index in [9.17, 15) is 16.8 Å². The van der Waals surface area contributed by atoms with Gasteiger partial charge in [0.1, 0.15) is 0 Å². The second kappa shape index (κ2) is 8.52. The minimum Gasteiger partial charge on any atom is -0.304 e. The van der Waals surface area contributed by atoms with E-state index in [1.165, 1.54) is 19.6 Å². The first-order valence-corrected chi connectivity index (χ1v) is 9.58. The molecule has 0 saturated heterocycles. The molecule has 0 atom stereocenters. The zero-order valence-corrected chi connectivity index (χ0v) is 12.6. The lowest BCUT2D eigenvalue weighted by molar-refractivity contribution is 0.321. The Morgan fingerprint density at radius 3 is 1.06 bits per heavy atom. The summed E-state index contributed by atoms with van der Waals surface area (Å²) in [5.41, 5.74) is 0. The SMILES string of the molecule is CCN(CC)CC.O=S(=O)(Cl)CS(=O)(=O)Cl. The summed E-state index contributed by atoms with van der Waals surface area (Å²) in [6.45, 7) is 10.1. The van der Waals surface area contributed by atoms with E-state index >= 15 is 0 Å². The van der Waals surface area contributed by atoms with Gasteiger partial charge in [0.25, 0.3) is 0 Å². The van der Waals surface area contributed by atoms with Gasteiger partial charge in [-0.1, -0.05) is 20.8 Å². The van der Waals surface area contributed by atoms with Crippen molar-refractivity contribution in [2.75, 3.05) is 24.7 Å². The van der Waals surface area contributed by atoms with Crippen LogP contribution in [0.1, 0.15) is 20.8 Å². The molecule has 0 N–H and O–H groups in total. The first-order valence-electron chi connectivity index (χ1n) is 4.62. The van der Waals surface area contributed by atoms with E-state index in [-0.39, 0.29) is 0 Å². The lowest BCUT2D eigenvalue weighted by Crippen LogP contribution is -2.21. The van der Waals surface area contributed by atoms with Crippen LogP contribution in [0.25, 0.3) is 0 Å². The molecule has 5 nitrogen and oxygen atoms in total. The normalized spacial score (nSPS) is 12.1. The lowest BCUT2D eigenvalue weighted by Gasteiger charge is -2.13. The summed E-state index contributed by atoms with van der Waals surface area (Å²) in [5, 5.41) is -1.23. The maximum atomic E-state index is 9.95. The highest BCUT2D eigenvalue weighted by molar-refractivity contribution is 8.28. The van der Waals surface area contributed by atoms with E-state index in [1.54, 1.807) is 0 Å². The topological polar surface area (TPSA) is 71.5 Å². The molecule has 0 radical (unpaired) electrons. The average molecular weight is 314 g/mol. The summed E-state index contributed by atoms with van der Waals surface area (Å²) in [4.78, 5) is 2.38. The van der Waals surface area contributed by atoms with Crippen LogP contribution in [-0.4, -0.2) is 46.5 Å². The molecule has 0 aromatic carbocycles. The number of rotatable bonds is 5. The molecule has 0 aliphatic rings. The van der Waals surface area contributed by atoms with Crippen LogP contribution in [0.2, 0.25) is 0 Å². The monoisotopic (exact) mass is 313 g/mol. The zero-order chi connectivity index (χ0) is 13.4. The van der Waals surface area contributed by atoms with Crippen molar-refractivity contribution in [1.29, 1.82) is 0 Å². The zero-order valence-electron chi connectivity index (χ0n) is 9.48. The molecule has 16 heavy (non-hydrogen) atoms. The van der Waals surface area contributed by atoms with Gasteiger partial charge in [0, 0.05) is 21.4 Å². The number of hydrogen-bond donors (Lipinski definition) is 0. The molecule has 0 aliphatic carbocycles. The maximum absolute atomic E-state index is 9.95. The molecular weight excluding hydrogens is 297 g/mol. The summed E-state index contributed by atoms with van der Waals surface area (Å²) in [7, 11) is 0.994. The van der Waals surface area contributed by atoms with E-state index in [0.717, 1.165) is 0 Å². The van der Waals surface area contributed by atoms with E-state index in [4.69, 9.17) is 0 Å². The van der Waals surface area contributed by atoms with Crippen LogP contribution >= 0.6 is 21.4 Å². The quantitative estimate of drug-likeness (QED) is 0.718. The molecule has 0 amide bonds. The van der Waals surface area contributed by atoms with Gasteiger partial charge in [-0.25, -0.2) is 16.8 Å². The predicted octanol–water partition coefficient (Wildman–Crippen LogP) is 1.43. The molecule has 0 saturated carbocycles. The molecular formula is C7H17Cl2NO4S2. The van der Waals surface area contributed by atoms with Crippen molar-refractivity contribution >= 4 is 39.5 Å². The van der Waals surface area contributed by atoms with Crippen LogP contribution in [0.15, 0.2) is 0 Å². The standard InChI is InChI=1S/C6H15N.CH2Cl2O4S2/c1-4-7(5-2)6-3;2-8(4,5)1-9(3,6)7/h4-6H2,1-3H3;1H2. The molecule has 9 heteroatoms. The average Bonchev–Trinajstić information content (AvgIpc) is 2.01. The van der Waals surface area contributed by atoms with Crippen LogP contribution in [0, 0.1) is 0 Å². The minimum absolute atomic E-state index is 1.19. The van der Waals surface area contributed by atoms with Crippen LogP contribution in [0.3, 0.4) is 0 Å². The maximum Gasteiger partial charge on any atom is 0.248 e. The van der Waals surface area contributed by atoms with Crippen molar-refractivity contribution in [1.82, 2.24) is 4.90 Å². The Bertz CT molecular complexity index is 326. The smallest absolute Gasteiger partial charge is 0.248 e. The minimum atomic E-state index is -4.03. The van der Waals surface area contributed by atoms with Crippen molar-refractivity contribution in [2.45, 2.75) is 20.8 Å². The summed E-state index contributed by atoms with van der Waals surface area (Å²) in [6.07, 6.45) is 0. The van der Waals surface area contributed by atoms with Crippen molar-refractivity contribution in [2.24, 2.45) is 0 Å². The summed E-state index contributed by atoms with van der Waals surface area (Å²) >= 11 is 0. The highest BCUT2D eigenvalue weighted by Gasteiger charge is 2.16. The van der Waals surface area contributed by atoms with Crippen LogP contribution in [0.5, 0.6) is 0 Å². The molecule has 0 fully saturated rings. The fourth-order valence-corrected chi connectivity index (χ4v) is 4.71. The Hall–Kier alpha value is 0.440. The van der Waals surface area contributed by atoms with Gasteiger partial charge >= 0.3 is 0 Å². The van der Waals surface area contributed by atoms with Crippen LogP contribution < -0.4 is 0 Å². The van der Waals surface area contributed by atoms with E-state index < -0.39 is 23.2 Å². The molecule has 0 spiro atoms. The fraction of sp³-hybridized carbons (Fsp3) is 1.00. The van der Waals surface area contributed by atoms with Crippen molar-refractivity contribution in [3.8, 4) is 0 Å². The first kappa shape index (κ1) is 18.8. The Morgan fingerprint density at radius 2 is 1.06 bits per heavy atom. The van der Waals surface area contributed by atoms with Crippen molar-refractivity contribution in [3.63, 3.8) is 0 Å². The third kappa shape index (κ3) is 16.9. The van der Waals surface area contributed by atoms with Crippen molar-refractivity contribution < 1.29 is 16.8 Å². The third-order valence-electron chi connectivity index (χ3n) is 1.62. The summed E-state index contributed by atoms with van der Waals surface area (Å²) < 4.78 is 39.8. The molecule has 0 unspecified atom stereocenters. The van der Waals surface area contributed by atoms with Gasteiger partial charge in [-0.3, -0.25) is 0 Å². The molecule has 0 aliphatic heterocycles. The lowest BCUT2D eigenvalue weighted by atomic mass is 10.5. The van der Waals surface area contributed by atoms with Gasteiger partial charge in [-0.2, -0.15) is 0 Å². The first-order chi connectivity index (χ1) is 7.05. The van der Waals surface area contributed by atoms with Gasteiger partial charge in [-0.05, 0) is 19.6 Å². The number of nitrogens with zero attached hydrogens (tertiary/aromatic N) is 1. The Morgan fingerprint density at radius 1 is 0.812 bits per heavy atom. The highest BCUT2D eigenvalue weighted by atomic mass is 35.7. The number of halogens is 2. The third-order valence-corrected chi connectivity index (χ3v) is 5.48. The van der Waals surface area contributed by atoms with Crippen molar-refractivity contribution in [3.05, 3.63) is 0 Å². The highest BCUT2D eigenvalue weighted by Crippen LogP contribution is 2.05. The molecule has 0 rings (SSSR count). The molecule has 0 bridgehead atoms. The van der Waals surface area contributed by atoms with Crippen LogP contribution in [0.4, 0.5) is 0 Å². The van der Waals surface area contributed by atoms with Gasteiger partial charge in [0.2, 0.25) is 18.1 Å². The van der Waals surface area contributed by atoms with Gasteiger partial charge in [0.05, 0.1) is 0 Å². The summed E-state index contributed by atoms with van der Waals surface area (Å²) in [6, 6.07) is 0. The van der Waals surface area contributed by atoms with E-state index in [0.29, 0.717) is 0 Å². The van der Waals surface area contributed by atoms with Gasteiger partial charge in [0.15, 0.2) is 5.08 Å². The molecule has 0 aromatic heterocycles. The molecule has 0 heterocycles. The van der Waals surface area contributed by atoms with Gasteiger partial charge in [-0.15, -0.1) is 0 Å². The molecule has 0 aromatic rings. The van der Waals surface area contributed by atoms with Gasteiger partial charge < -0.3 is 4.90 Å². The second-order valence-corrected chi connectivity index (χ2v) is 8.73. The number of hydrogen-bond acceptors (Lipinski definition) is 5. The Labute approximate surface area is 107 Å². The largest absolute Gasteiger partial charge is 0.304 e. The molecule has 100 valence electrons. The summed E-state index contributed by atoms with van der Waals surface area (Å²) in [5.74, 6) is 0. The van der Waals surface area contributed by atoms with E-state index in [2.05, 4.69) is 47.0 Å². The Kier molecular flexibility index (Phi) is 10.0. The predicted molar refractivity (Wildman–Crippen MR) is 67.9 cm³/mol. The fourth-order valence-electron chi connectivity index (χ4n) is 0.839. The van der Waals surface area contributed by atoms with Crippen LogP contribution in [-0.2, 0) is 18.1 Å².